The number of amides is 2. The first-order valence-electron chi connectivity index (χ1n) is 12.8. The van der Waals surface area contributed by atoms with E-state index >= 15 is 4.39 Å². The van der Waals surface area contributed by atoms with Gasteiger partial charge in [-0.3, -0.25) is 19.8 Å². The van der Waals surface area contributed by atoms with Crippen molar-refractivity contribution in [1.29, 1.82) is 5.41 Å². The number of nitrogens with zero attached hydrogens (tertiary/aromatic N) is 2. The topological polar surface area (TPSA) is 134 Å². The molecule has 42 heavy (non-hydrogen) atoms. The second-order valence-corrected chi connectivity index (χ2v) is 9.78. The zero-order chi connectivity index (χ0) is 30.4. The average Bonchev–Trinajstić information content (AvgIpc) is 3.01. The highest BCUT2D eigenvalue weighted by atomic mass is 35.5. The lowest BCUT2D eigenvalue weighted by Gasteiger charge is -2.32. The molecule has 1 aromatic heterocycles. The molecule has 1 saturated heterocycles. The van der Waals surface area contributed by atoms with Gasteiger partial charge in [-0.15, -0.1) is 6.42 Å². The van der Waals surface area contributed by atoms with E-state index in [2.05, 4.69) is 21.5 Å². The van der Waals surface area contributed by atoms with E-state index in [4.69, 9.17) is 32.9 Å². The number of piperidine rings is 1. The molecular formula is C30H27ClFN5O5. The number of amidine groups is 1. The Labute approximate surface area is 246 Å². The van der Waals surface area contributed by atoms with Gasteiger partial charge in [0.05, 0.1) is 42.0 Å². The van der Waals surface area contributed by atoms with Crippen LogP contribution in [0.2, 0.25) is 5.02 Å². The molecule has 0 bridgehead atoms. The summed E-state index contributed by atoms with van der Waals surface area (Å²) in [6, 6.07) is 9.70. The van der Waals surface area contributed by atoms with Crippen molar-refractivity contribution in [3.8, 4) is 18.1 Å². The van der Waals surface area contributed by atoms with Crippen molar-refractivity contribution in [3.05, 3.63) is 81.8 Å². The van der Waals surface area contributed by atoms with Crippen LogP contribution in [0.5, 0.6) is 5.75 Å². The molecule has 2 aromatic carbocycles. The van der Waals surface area contributed by atoms with Crippen molar-refractivity contribution in [2.24, 2.45) is 5.92 Å². The number of rotatable bonds is 7. The van der Waals surface area contributed by atoms with Crippen molar-refractivity contribution in [3.63, 3.8) is 0 Å². The first kappa shape index (κ1) is 30.0. The molecule has 216 valence electrons. The molecule has 12 heteroatoms. The third kappa shape index (κ3) is 6.67. The van der Waals surface area contributed by atoms with Gasteiger partial charge in [-0.25, -0.2) is 9.37 Å². The van der Waals surface area contributed by atoms with Crippen LogP contribution in [-0.2, 0) is 9.53 Å². The molecule has 0 radical (unpaired) electrons. The number of terminal acetylenes is 1. The summed E-state index contributed by atoms with van der Waals surface area (Å²) in [7, 11) is 2.68. The summed E-state index contributed by atoms with van der Waals surface area (Å²) in [6.45, 7) is 0.874. The first-order chi connectivity index (χ1) is 20.1. The fourth-order valence-corrected chi connectivity index (χ4v) is 4.63. The van der Waals surface area contributed by atoms with Gasteiger partial charge in [0.15, 0.2) is 0 Å². The highest BCUT2D eigenvalue weighted by molar-refractivity contribution is 6.30. The predicted octanol–water partition coefficient (Wildman–Crippen LogP) is 4.58. The van der Waals surface area contributed by atoms with Gasteiger partial charge in [0.2, 0.25) is 0 Å². The maximum Gasteiger partial charge on any atom is 0.308 e. The number of halogens is 2. The molecule has 0 unspecified atom stereocenters. The summed E-state index contributed by atoms with van der Waals surface area (Å²) in [5.41, 5.74) is 0.194. The molecule has 0 spiro atoms. The highest BCUT2D eigenvalue weighted by Gasteiger charge is 2.28. The fraction of sp³-hybridized carbons (Fsp3) is 0.233. The first-order valence-corrected chi connectivity index (χ1v) is 13.2. The van der Waals surface area contributed by atoms with Crippen LogP contribution in [0.25, 0.3) is 0 Å². The number of carbonyl (C=O) groups excluding carboxylic acids is 3. The SMILES string of the molecule is C#Cc1cc(OC)c(NC(=O)c2ccc(C(=N)N3CCC(C(=O)OC)CC3)cc2F)c(C(=O)Nc2ccc(Cl)cn2)c1. The minimum atomic E-state index is -0.866. The third-order valence-electron chi connectivity index (χ3n) is 6.77. The van der Waals surface area contributed by atoms with E-state index in [-0.39, 0.29) is 51.7 Å². The molecule has 1 fully saturated rings. The number of pyridine rings is 1. The van der Waals surface area contributed by atoms with Gasteiger partial charge in [0.1, 0.15) is 23.2 Å². The largest absolute Gasteiger partial charge is 0.495 e. The minimum Gasteiger partial charge on any atom is -0.495 e. The van der Waals surface area contributed by atoms with E-state index in [0.29, 0.717) is 36.5 Å². The van der Waals surface area contributed by atoms with Crippen molar-refractivity contribution in [1.82, 2.24) is 9.88 Å². The van der Waals surface area contributed by atoms with Crippen LogP contribution < -0.4 is 15.4 Å². The molecule has 4 rings (SSSR count). The Morgan fingerprint density at radius 1 is 1.07 bits per heavy atom. The smallest absolute Gasteiger partial charge is 0.308 e. The summed E-state index contributed by atoms with van der Waals surface area (Å²) in [4.78, 5) is 44.0. The van der Waals surface area contributed by atoms with Gasteiger partial charge in [0, 0.05) is 30.4 Å². The Morgan fingerprint density at radius 3 is 2.38 bits per heavy atom. The van der Waals surface area contributed by atoms with Crippen LogP contribution in [0, 0.1) is 29.5 Å². The molecule has 1 aliphatic heterocycles. The Morgan fingerprint density at radius 2 is 1.79 bits per heavy atom. The Hall–Kier alpha value is -4.95. The van der Waals surface area contributed by atoms with Crippen LogP contribution in [-0.4, -0.2) is 60.8 Å². The summed E-state index contributed by atoms with van der Waals surface area (Å²) in [5, 5.41) is 14.1. The quantitative estimate of drug-likeness (QED) is 0.158. The zero-order valence-corrected chi connectivity index (χ0v) is 23.5. The summed E-state index contributed by atoms with van der Waals surface area (Å²) < 4.78 is 25.4. The van der Waals surface area contributed by atoms with Crippen LogP contribution in [0.4, 0.5) is 15.9 Å². The van der Waals surface area contributed by atoms with Gasteiger partial charge < -0.3 is 25.0 Å². The van der Waals surface area contributed by atoms with Crippen molar-refractivity contribution in [2.45, 2.75) is 12.8 Å². The lowest BCUT2D eigenvalue weighted by molar-refractivity contribution is -0.146. The van der Waals surface area contributed by atoms with Crippen molar-refractivity contribution >= 4 is 46.7 Å². The normalized spacial score (nSPS) is 13.1. The number of carbonyl (C=O) groups is 3. The van der Waals surface area contributed by atoms with Gasteiger partial charge in [-0.05, 0) is 49.2 Å². The number of esters is 1. The maximum absolute atomic E-state index is 15.2. The summed E-state index contributed by atoms with van der Waals surface area (Å²) >= 11 is 5.86. The number of hydrogen-bond acceptors (Lipinski definition) is 7. The second kappa shape index (κ2) is 13.1. The standard InChI is InChI=1S/C30H27ClFN5O5/c1-4-17-13-22(29(39)35-25-8-6-20(31)16-34-25)26(24(14-17)41-2)36-28(38)21-7-5-19(15-23(21)32)27(33)37-11-9-18(10-12-37)30(40)42-3/h1,5-8,13-16,18,33H,9-12H2,2-3H3,(H,36,38)(H,34,35,39). The molecular weight excluding hydrogens is 565 g/mol. The van der Waals surface area contributed by atoms with E-state index in [9.17, 15) is 14.4 Å². The van der Waals surface area contributed by atoms with Crippen LogP contribution in [0.15, 0.2) is 48.7 Å². The van der Waals surface area contributed by atoms with Gasteiger partial charge >= 0.3 is 5.97 Å². The number of likely N-dealkylation sites (tertiary alicyclic amines) is 1. The Balaban J connectivity index is 1.55. The molecule has 0 aliphatic carbocycles. The number of anilines is 2. The summed E-state index contributed by atoms with van der Waals surface area (Å²) in [6.07, 6.45) is 7.94. The number of hydrogen-bond donors (Lipinski definition) is 3. The number of nitrogens with one attached hydrogen (secondary N) is 3. The minimum absolute atomic E-state index is 0.0299. The van der Waals surface area contributed by atoms with Crippen molar-refractivity contribution in [2.75, 3.05) is 37.9 Å². The van der Waals surface area contributed by atoms with Crippen LogP contribution in [0.1, 0.15) is 44.7 Å². The van der Waals surface area contributed by atoms with E-state index < -0.39 is 17.6 Å². The molecule has 3 N–H and O–H groups in total. The van der Waals surface area contributed by atoms with Gasteiger partial charge in [0.25, 0.3) is 11.8 Å². The molecule has 2 amide bonds. The van der Waals surface area contributed by atoms with E-state index in [1.807, 2.05) is 0 Å². The van der Waals surface area contributed by atoms with Crippen LogP contribution in [0.3, 0.4) is 0 Å². The monoisotopic (exact) mass is 591 g/mol. The molecule has 0 atom stereocenters. The van der Waals surface area contributed by atoms with Gasteiger partial charge in [-0.1, -0.05) is 23.6 Å². The molecule has 2 heterocycles. The lowest BCUT2D eigenvalue weighted by Crippen LogP contribution is -2.40. The maximum atomic E-state index is 15.2. The van der Waals surface area contributed by atoms with E-state index in [0.717, 1.165) is 6.07 Å². The highest BCUT2D eigenvalue weighted by Crippen LogP contribution is 2.32. The molecule has 1 aliphatic rings. The summed E-state index contributed by atoms with van der Waals surface area (Å²) in [5.74, 6) is -0.0992. The average molecular weight is 592 g/mol. The second-order valence-electron chi connectivity index (χ2n) is 9.34. The van der Waals surface area contributed by atoms with Crippen LogP contribution >= 0.6 is 11.6 Å². The molecule has 10 nitrogen and oxygen atoms in total. The zero-order valence-electron chi connectivity index (χ0n) is 22.8. The number of methoxy groups -OCH3 is 2. The van der Waals surface area contributed by atoms with Gasteiger partial charge in [-0.2, -0.15) is 0 Å². The fourth-order valence-electron chi connectivity index (χ4n) is 4.52. The van der Waals surface area contributed by atoms with E-state index in [1.54, 1.807) is 11.0 Å². The Bertz CT molecular complexity index is 1580. The van der Waals surface area contributed by atoms with Crippen molar-refractivity contribution < 1.29 is 28.2 Å². The number of benzene rings is 2. The molecule has 3 aromatic rings. The van der Waals surface area contributed by atoms with E-state index in [1.165, 1.54) is 50.7 Å². The molecule has 0 saturated carbocycles. The third-order valence-corrected chi connectivity index (χ3v) is 7.00. The Kier molecular flexibility index (Phi) is 9.39. The lowest BCUT2D eigenvalue weighted by atomic mass is 9.96. The predicted molar refractivity (Wildman–Crippen MR) is 156 cm³/mol. The number of ether oxygens (including phenoxy) is 2. The number of aromatic nitrogens is 1.